The van der Waals surface area contributed by atoms with E-state index in [2.05, 4.69) is 12.2 Å². The predicted octanol–water partition coefficient (Wildman–Crippen LogP) is 2.02. The molecule has 0 saturated heterocycles. The highest BCUT2D eigenvalue weighted by molar-refractivity contribution is 5.90. The van der Waals surface area contributed by atoms with Crippen LogP contribution in [0.2, 0.25) is 0 Å². The zero-order chi connectivity index (χ0) is 25.8. The SMILES string of the molecule is CCCCCCCCCCCCNC[C@H](O)[C@@H](O)[C@H](O)[C@H](O)CO.O=C(O)c1ccccc1O. The normalized spacial score (nSPS) is 14.5. The zero-order valence-electron chi connectivity index (χ0n) is 20.3. The fourth-order valence-corrected chi connectivity index (χ4v) is 3.33. The largest absolute Gasteiger partial charge is 0.507 e. The van der Waals surface area contributed by atoms with Gasteiger partial charge in [0.1, 0.15) is 29.6 Å². The van der Waals surface area contributed by atoms with Gasteiger partial charge in [0.25, 0.3) is 0 Å². The number of aliphatic hydroxyl groups excluding tert-OH is 5. The van der Waals surface area contributed by atoms with Gasteiger partial charge in [0.2, 0.25) is 0 Å². The smallest absolute Gasteiger partial charge is 0.339 e. The lowest BCUT2D eigenvalue weighted by Gasteiger charge is -2.25. The third-order valence-electron chi connectivity index (χ3n) is 5.52. The van der Waals surface area contributed by atoms with E-state index in [1.807, 2.05) is 0 Å². The monoisotopic (exact) mass is 487 g/mol. The van der Waals surface area contributed by atoms with Gasteiger partial charge in [-0.15, -0.1) is 0 Å². The molecule has 1 aromatic rings. The number of carboxylic acid groups (broad SMARTS) is 1. The van der Waals surface area contributed by atoms with Crippen LogP contribution in [0.15, 0.2) is 24.3 Å². The fraction of sp³-hybridized carbons (Fsp3) is 0.720. The second-order valence-corrected chi connectivity index (χ2v) is 8.51. The first-order valence-electron chi connectivity index (χ1n) is 12.3. The van der Waals surface area contributed by atoms with E-state index >= 15 is 0 Å². The molecule has 8 N–H and O–H groups in total. The van der Waals surface area contributed by atoms with Crippen molar-refractivity contribution in [3.63, 3.8) is 0 Å². The summed E-state index contributed by atoms with van der Waals surface area (Å²) in [5.74, 6) is -1.31. The molecule has 198 valence electrons. The Morgan fingerprint density at radius 2 is 1.32 bits per heavy atom. The number of hydrogen-bond acceptors (Lipinski definition) is 8. The number of carboxylic acids is 1. The van der Waals surface area contributed by atoms with Crippen LogP contribution >= 0.6 is 0 Å². The number of rotatable bonds is 18. The van der Waals surface area contributed by atoms with E-state index in [1.165, 1.54) is 63.5 Å². The van der Waals surface area contributed by atoms with Gasteiger partial charge in [0.05, 0.1) is 12.7 Å². The van der Waals surface area contributed by atoms with E-state index in [1.54, 1.807) is 12.1 Å². The lowest BCUT2D eigenvalue weighted by atomic mass is 10.0. The minimum Gasteiger partial charge on any atom is -0.507 e. The summed E-state index contributed by atoms with van der Waals surface area (Å²) >= 11 is 0. The second kappa shape index (κ2) is 20.6. The van der Waals surface area contributed by atoms with Crippen LogP contribution in [0.1, 0.15) is 81.5 Å². The van der Waals surface area contributed by atoms with Gasteiger partial charge >= 0.3 is 5.97 Å². The molecular weight excluding hydrogens is 442 g/mol. The molecule has 0 aromatic heterocycles. The van der Waals surface area contributed by atoms with E-state index in [4.69, 9.17) is 15.3 Å². The number of aromatic carboxylic acids is 1. The quantitative estimate of drug-likeness (QED) is 0.144. The average Bonchev–Trinajstić information content (AvgIpc) is 2.83. The first kappa shape index (κ1) is 32.2. The summed E-state index contributed by atoms with van der Waals surface area (Å²) in [5.41, 5.74) is -0.0671. The highest BCUT2D eigenvalue weighted by Crippen LogP contribution is 2.14. The lowest BCUT2D eigenvalue weighted by Crippen LogP contribution is -2.49. The Kier molecular flexibility index (Phi) is 19.5. The van der Waals surface area contributed by atoms with Crippen molar-refractivity contribution in [3.05, 3.63) is 29.8 Å². The van der Waals surface area contributed by atoms with Gasteiger partial charge in [0.15, 0.2) is 0 Å². The standard InChI is InChI=1S/C18H39NO5.C7H6O3/c1-2-3-4-5-6-7-8-9-10-11-12-19-13-15(21)17(23)18(24)16(22)14-20;8-6-4-2-1-3-5(6)7(9)10/h15-24H,2-14H2,1H3;1-4,8H,(H,9,10)/t15-,16+,17+,18+;/m0./s1. The van der Waals surface area contributed by atoms with Crippen molar-refractivity contribution in [1.29, 1.82) is 0 Å². The maximum Gasteiger partial charge on any atom is 0.339 e. The highest BCUT2D eigenvalue weighted by Gasteiger charge is 2.29. The zero-order valence-corrected chi connectivity index (χ0v) is 20.3. The topological polar surface area (TPSA) is 171 Å². The van der Waals surface area contributed by atoms with Crippen LogP contribution in [-0.2, 0) is 0 Å². The third kappa shape index (κ3) is 15.2. The Morgan fingerprint density at radius 3 is 1.79 bits per heavy atom. The number of aromatic hydroxyl groups is 1. The van der Waals surface area contributed by atoms with Crippen LogP contribution in [-0.4, -0.2) is 85.8 Å². The second-order valence-electron chi connectivity index (χ2n) is 8.51. The molecule has 0 saturated carbocycles. The van der Waals surface area contributed by atoms with Crippen LogP contribution in [0.5, 0.6) is 5.75 Å². The summed E-state index contributed by atoms with van der Waals surface area (Å²) < 4.78 is 0. The molecule has 0 bridgehead atoms. The molecule has 9 heteroatoms. The predicted molar refractivity (Wildman–Crippen MR) is 131 cm³/mol. The molecular formula is C25H45NO8. The minimum atomic E-state index is -1.55. The molecule has 1 rings (SSSR count). The summed E-state index contributed by atoms with van der Waals surface area (Å²) in [5, 5.41) is 67.2. The van der Waals surface area contributed by atoms with E-state index in [0.29, 0.717) is 0 Å². The van der Waals surface area contributed by atoms with Crippen LogP contribution in [0.25, 0.3) is 0 Å². The minimum absolute atomic E-state index is 0.0671. The maximum atomic E-state index is 10.3. The number of para-hydroxylation sites is 1. The molecule has 1 aromatic carbocycles. The van der Waals surface area contributed by atoms with E-state index < -0.39 is 37.0 Å². The molecule has 4 atom stereocenters. The summed E-state index contributed by atoms with van der Waals surface area (Å²) in [6, 6.07) is 5.81. The Hall–Kier alpha value is -1.75. The Bertz CT molecular complexity index is 631. The van der Waals surface area contributed by atoms with Crippen molar-refractivity contribution in [1.82, 2.24) is 5.32 Å². The first-order valence-corrected chi connectivity index (χ1v) is 12.3. The van der Waals surface area contributed by atoms with Crippen LogP contribution < -0.4 is 5.32 Å². The van der Waals surface area contributed by atoms with E-state index in [0.717, 1.165) is 19.4 Å². The van der Waals surface area contributed by atoms with Crippen molar-refractivity contribution in [2.75, 3.05) is 19.7 Å². The number of benzene rings is 1. The van der Waals surface area contributed by atoms with E-state index in [-0.39, 0.29) is 17.9 Å². The first-order chi connectivity index (χ1) is 16.3. The number of aliphatic hydroxyl groups is 5. The summed E-state index contributed by atoms with van der Waals surface area (Å²) in [6.07, 6.45) is 7.01. The van der Waals surface area contributed by atoms with E-state index in [9.17, 15) is 25.2 Å². The van der Waals surface area contributed by atoms with Gasteiger partial charge in [-0.2, -0.15) is 0 Å². The van der Waals surface area contributed by atoms with Gasteiger partial charge in [-0.05, 0) is 25.1 Å². The number of phenols is 1. The molecule has 0 radical (unpaired) electrons. The Labute approximate surface area is 203 Å². The van der Waals surface area contributed by atoms with Crippen LogP contribution in [0, 0.1) is 0 Å². The number of carbonyl (C=O) groups is 1. The van der Waals surface area contributed by atoms with Gasteiger partial charge in [-0.3, -0.25) is 0 Å². The molecule has 0 fully saturated rings. The van der Waals surface area contributed by atoms with Gasteiger partial charge in [-0.1, -0.05) is 76.8 Å². The molecule has 0 aliphatic carbocycles. The maximum absolute atomic E-state index is 10.3. The summed E-state index contributed by atoms with van der Waals surface area (Å²) in [4.78, 5) is 10.3. The van der Waals surface area contributed by atoms with Gasteiger partial charge in [0, 0.05) is 6.54 Å². The summed E-state index contributed by atoms with van der Waals surface area (Å²) in [7, 11) is 0. The Balaban J connectivity index is 0.000000896. The van der Waals surface area contributed by atoms with Crippen LogP contribution in [0.3, 0.4) is 0 Å². The molecule has 0 spiro atoms. The summed E-state index contributed by atoms with van der Waals surface area (Å²) in [6.45, 7) is 2.47. The number of nitrogens with one attached hydrogen (secondary N) is 1. The third-order valence-corrected chi connectivity index (χ3v) is 5.52. The van der Waals surface area contributed by atoms with Crippen molar-refractivity contribution >= 4 is 5.97 Å². The van der Waals surface area contributed by atoms with Crippen molar-refractivity contribution in [3.8, 4) is 5.75 Å². The fourth-order valence-electron chi connectivity index (χ4n) is 3.33. The Morgan fingerprint density at radius 1 is 0.824 bits per heavy atom. The molecule has 0 amide bonds. The molecule has 0 heterocycles. The average molecular weight is 488 g/mol. The van der Waals surface area contributed by atoms with Gasteiger partial charge in [-0.25, -0.2) is 4.79 Å². The van der Waals surface area contributed by atoms with Crippen molar-refractivity contribution < 1.29 is 40.5 Å². The molecule has 0 unspecified atom stereocenters. The van der Waals surface area contributed by atoms with Crippen LogP contribution in [0.4, 0.5) is 0 Å². The molecule has 34 heavy (non-hydrogen) atoms. The molecule has 9 nitrogen and oxygen atoms in total. The van der Waals surface area contributed by atoms with Crippen molar-refractivity contribution in [2.45, 2.75) is 95.5 Å². The lowest BCUT2D eigenvalue weighted by molar-refractivity contribution is -0.113. The van der Waals surface area contributed by atoms with Crippen molar-refractivity contribution in [2.24, 2.45) is 0 Å². The molecule has 0 aliphatic heterocycles. The molecule has 0 aliphatic rings. The number of unbranched alkanes of at least 4 members (excludes halogenated alkanes) is 9. The highest BCUT2D eigenvalue weighted by atomic mass is 16.4. The van der Waals surface area contributed by atoms with Gasteiger partial charge < -0.3 is 41.1 Å². The number of hydrogen-bond donors (Lipinski definition) is 8.